The molecule has 0 aromatic carbocycles. The van der Waals surface area contributed by atoms with Crippen molar-refractivity contribution in [2.45, 2.75) is 58.5 Å². The van der Waals surface area contributed by atoms with E-state index in [1.165, 1.54) is 7.11 Å². The lowest BCUT2D eigenvalue weighted by molar-refractivity contribution is -0.148. The number of likely N-dealkylation sites (N-methyl/N-ethyl adjacent to an activating group) is 1. The van der Waals surface area contributed by atoms with E-state index in [1.807, 2.05) is 20.8 Å². The lowest BCUT2D eigenvalue weighted by Crippen LogP contribution is -2.53. The molecule has 0 aromatic rings. The van der Waals surface area contributed by atoms with Gasteiger partial charge in [0.1, 0.15) is 5.54 Å². The van der Waals surface area contributed by atoms with Crippen molar-refractivity contribution >= 4 is 5.97 Å². The number of methoxy groups -OCH3 is 2. The summed E-state index contributed by atoms with van der Waals surface area (Å²) in [6, 6.07) is 0.253. The molecule has 0 aliphatic heterocycles. The molecule has 1 N–H and O–H groups in total. The van der Waals surface area contributed by atoms with Crippen molar-refractivity contribution in [1.82, 2.24) is 10.2 Å². The minimum atomic E-state index is -0.591. The fourth-order valence-electron chi connectivity index (χ4n) is 2.56. The SMILES string of the molecule is CCN(CCCCC(C)(NC(C)C)C(=O)OC)CCOC. The van der Waals surface area contributed by atoms with Gasteiger partial charge in [0.05, 0.1) is 13.7 Å². The minimum Gasteiger partial charge on any atom is -0.468 e. The van der Waals surface area contributed by atoms with E-state index in [-0.39, 0.29) is 12.0 Å². The van der Waals surface area contributed by atoms with E-state index >= 15 is 0 Å². The molecule has 21 heavy (non-hydrogen) atoms. The third-order valence-electron chi connectivity index (χ3n) is 3.70. The molecule has 0 amide bonds. The molecule has 0 bridgehead atoms. The summed E-state index contributed by atoms with van der Waals surface area (Å²) in [6.45, 7) is 12.0. The van der Waals surface area contributed by atoms with E-state index in [4.69, 9.17) is 9.47 Å². The predicted molar refractivity (Wildman–Crippen MR) is 86.5 cm³/mol. The van der Waals surface area contributed by atoms with E-state index in [9.17, 15) is 4.79 Å². The smallest absolute Gasteiger partial charge is 0.325 e. The maximum Gasteiger partial charge on any atom is 0.325 e. The Kier molecular flexibility index (Phi) is 10.6. The Labute approximate surface area is 130 Å². The van der Waals surface area contributed by atoms with Crippen LogP contribution in [0.4, 0.5) is 0 Å². The van der Waals surface area contributed by atoms with Crippen LogP contribution >= 0.6 is 0 Å². The van der Waals surface area contributed by atoms with Gasteiger partial charge in [-0.3, -0.25) is 10.1 Å². The van der Waals surface area contributed by atoms with E-state index in [1.54, 1.807) is 7.11 Å². The summed E-state index contributed by atoms with van der Waals surface area (Å²) in [5, 5.41) is 3.34. The van der Waals surface area contributed by atoms with Gasteiger partial charge >= 0.3 is 5.97 Å². The van der Waals surface area contributed by atoms with Crippen molar-refractivity contribution in [3.05, 3.63) is 0 Å². The number of hydrogen-bond acceptors (Lipinski definition) is 5. The number of hydrogen-bond donors (Lipinski definition) is 1. The van der Waals surface area contributed by atoms with Gasteiger partial charge in [0.25, 0.3) is 0 Å². The molecule has 0 saturated carbocycles. The average molecular weight is 302 g/mol. The van der Waals surface area contributed by atoms with Crippen LogP contribution in [0.15, 0.2) is 0 Å². The summed E-state index contributed by atoms with van der Waals surface area (Å²) in [5.74, 6) is -0.178. The zero-order valence-corrected chi connectivity index (χ0v) is 14.7. The van der Waals surface area contributed by atoms with Crippen molar-refractivity contribution in [2.75, 3.05) is 40.5 Å². The highest BCUT2D eigenvalue weighted by Gasteiger charge is 2.33. The standard InChI is InChI=1S/C16H34N2O3/c1-7-18(12-13-20-5)11-9-8-10-16(4,15(19)21-6)17-14(2)3/h14,17H,7-13H2,1-6H3. The van der Waals surface area contributed by atoms with Gasteiger partial charge in [-0.1, -0.05) is 6.92 Å². The van der Waals surface area contributed by atoms with Gasteiger partial charge in [-0.25, -0.2) is 0 Å². The molecular formula is C16H34N2O3. The van der Waals surface area contributed by atoms with Crippen LogP contribution in [0.25, 0.3) is 0 Å². The van der Waals surface area contributed by atoms with Crippen molar-refractivity contribution < 1.29 is 14.3 Å². The van der Waals surface area contributed by atoms with Crippen LogP contribution in [-0.2, 0) is 14.3 Å². The molecule has 5 heteroatoms. The summed E-state index contributed by atoms with van der Waals surface area (Å²) < 4.78 is 10.1. The Morgan fingerprint density at radius 1 is 1.24 bits per heavy atom. The molecule has 0 rings (SSSR count). The van der Waals surface area contributed by atoms with Crippen molar-refractivity contribution in [3.8, 4) is 0 Å². The van der Waals surface area contributed by atoms with Crippen molar-refractivity contribution in [3.63, 3.8) is 0 Å². The number of nitrogens with zero attached hydrogens (tertiary/aromatic N) is 1. The molecule has 126 valence electrons. The number of carbonyl (C=O) groups excluding carboxylic acids is 1. The number of ether oxygens (including phenoxy) is 2. The molecular weight excluding hydrogens is 268 g/mol. The predicted octanol–water partition coefficient (Wildman–Crippen LogP) is 2.05. The van der Waals surface area contributed by atoms with E-state index in [2.05, 4.69) is 17.1 Å². The number of unbranched alkanes of at least 4 members (excludes halogenated alkanes) is 1. The van der Waals surface area contributed by atoms with Crippen LogP contribution in [0.2, 0.25) is 0 Å². The number of carbonyl (C=O) groups is 1. The lowest BCUT2D eigenvalue weighted by atomic mass is 9.93. The van der Waals surface area contributed by atoms with Crippen LogP contribution in [0.5, 0.6) is 0 Å². The maximum atomic E-state index is 12.0. The molecule has 1 unspecified atom stereocenters. The first kappa shape index (κ1) is 20.3. The Bertz CT molecular complexity index is 285. The maximum absolute atomic E-state index is 12.0. The summed E-state index contributed by atoms with van der Waals surface area (Å²) >= 11 is 0. The fraction of sp³-hybridized carbons (Fsp3) is 0.938. The highest BCUT2D eigenvalue weighted by atomic mass is 16.5. The highest BCUT2D eigenvalue weighted by molar-refractivity contribution is 5.80. The lowest BCUT2D eigenvalue weighted by Gasteiger charge is -2.30. The summed E-state index contributed by atoms with van der Waals surface area (Å²) in [4.78, 5) is 14.4. The number of nitrogens with one attached hydrogen (secondary N) is 1. The Hall–Kier alpha value is -0.650. The molecule has 0 fully saturated rings. The third kappa shape index (κ3) is 8.39. The molecule has 0 saturated heterocycles. The second-order valence-electron chi connectivity index (χ2n) is 6.01. The first-order chi connectivity index (χ1) is 9.89. The molecule has 0 radical (unpaired) electrons. The summed E-state index contributed by atoms with van der Waals surface area (Å²) in [5.41, 5.74) is -0.591. The normalized spacial score (nSPS) is 14.5. The Morgan fingerprint density at radius 2 is 1.90 bits per heavy atom. The van der Waals surface area contributed by atoms with Gasteiger partial charge in [-0.2, -0.15) is 0 Å². The van der Waals surface area contributed by atoms with Gasteiger partial charge in [0.15, 0.2) is 0 Å². The van der Waals surface area contributed by atoms with E-state index in [0.717, 1.165) is 45.5 Å². The van der Waals surface area contributed by atoms with Crippen LogP contribution < -0.4 is 5.32 Å². The summed E-state index contributed by atoms with van der Waals surface area (Å²) in [7, 11) is 3.18. The van der Waals surface area contributed by atoms with Crippen LogP contribution in [0.1, 0.15) is 47.0 Å². The van der Waals surface area contributed by atoms with E-state index < -0.39 is 5.54 Å². The van der Waals surface area contributed by atoms with Gasteiger partial charge in [0, 0.05) is 19.7 Å². The Balaban J connectivity index is 4.21. The highest BCUT2D eigenvalue weighted by Crippen LogP contribution is 2.17. The molecule has 0 aromatic heterocycles. The van der Waals surface area contributed by atoms with Gasteiger partial charge in [-0.05, 0) is 53.1 Å². The quantitative estimate of drug-likeness (QED) is 0.442. The molecule has 1 atom stereocenters. The van der Waals surface area contributed by atoms with Crippen molar-refractivity contribution in [1.29, 1.82) is 0 Å². The summed E-state index contributed by atoms with van der Waals surface area (Å²) in [6.07, 6.45) is 2.86. The van der Waals surface area contributed by atoms with Crippen LogP contribution in [-0.4, -0.2) is 62.9 Å². The topological polar surface area (TPSA) is 50.8 Å². The van der Waals surface area contributed by atoms with Gasteiger partial charge in [0.2, 0.25) is 0 Å². The third-order valence-corrected chi connectivity index (χ3v) is 3.70. The van der Waals surface area contributed by atoms with Crippen LogP contribution in [0.3, 0.4) is 0 Å². The monoisotopic (exact) mass is 302 g/mol. The zero-order valence-electron chi connectivity index (χ0n) is 14.7. The molecule has 0 aliphatic rings. The molecule has 0 aliphatic carbocycles. The molecule has 0 heterocycles. The van der Waals surface area contributed by atoms with Gasteiger partial charge in [-0.15, -0.1) is 0 Å². The van der Waals surface area contributed by atoms with E-state index in [0.29, 0.717) is 0 Å². The second kappa shape index (κ2) is 11.0. The van der Waals surface area contributed by atoms with Crippen LogP contribution in [0, 0.1) is 0 Å². The Morgan fingerprint density at radius 3 is 2.38 bits per heavy atom. The first-order valence-corrected chi connectivity index (χ1v) is 7.97. The second-order valence-corrected chi connectivity index (χ2v) is 6.01. The largest absolute Gasteiger partial charge is 0.468 e. The van der Waals surface area contributed by atoms with Crippen molar-refractivity contribution in [2.24, 2.45) is 0 Å². The number of esters is 1. The first-order valence-electron chi connectivity index (χ1n) is 7.97. The molecule has 5 nitrogen and oxygen atoms in total. The zero-order chi connectivity index (χ0) is 16.3. The molecule has 0 spiro atoms. The minimum absolute atomic E-state index is 0.178. The fourth-order valence-corrected chi connectivity index (χ4v) is 2.56. The number of rotatable bonds is 12. The average Bonchev–Trinajstić information content (AvgIpc) is 2.44. The van der Waals surface area contributed by atoms with Gasteiger partial charge < -0.3 is 14.4 Å².